The summed E-state index contributed by atoms with van der Waals surface area (Å²) in [6, 6.07) is 8.62. The highest BCUT2D eigenvalue weighted by Crippen LogP contribution is 2.24. The van der Waals surface area contributed by atoms with Crippen LogP contribution >= 0.6 is 0 Å². The summed E-state index contributed by atoms with van der Waals surface area (Å²) in [5.41, 5.74) is 9.28. The Morgan fingerprint density at radius 2 is 1.84 bits per heavy atom. The van der Waals surface area contributed by atoms with Crippen LogP contribution in [0.4, 0.5) is 10.2 Å². The molecule has 31 heavy (non-hydrogen) atoms. The molecule has 162 valence electrons. The van der Waals surface area contributed by atoms with E-state index in [-0.39, 0.29) is 11.7 Å². The summed E-state index contributed by atoms with van der Waals surface area (Å²) >= 11 is 0. The molecular formula is C22H26FN7O. The van der Waals surface area contributed by atoms with Gasteiger partial charge in [-0.1, -0.05) is 0 Å². The van der Waals surface area contributed by atoms with Crippen LogP contribution in [0.25, 0.3) is 22.3 Å². The predicted octanol–water partition coefficient (Wildman–Crippen LogP) is 1.62. The Hall–Kier alpha value is -3.17. The number of nitrogens with two attached hydrogens (primary N) is 1. The Morgan fingerprint density at radius 1 is 1.10 bits per heavy atom. The van der Waals surface area contributed by atoms with Gasteiger partial charge in [-0.3, -0.25) is 14.6 Å². The van der Waals surface area contributed by atoms with Crippen LogP contribution in [-0.4, -0.2) is 82.4 Å². The molecule has 1 aliphatic rings. The minimum Gasteiger partial charge on any atom is -0.382 e. The number of hydrogen-bond acceptors (Lipinski definition) is 7. The van der Waals surface area contributed by atoms with E-state index in [2.05, 4.69) is 24.8 Å². The molecule has 0 atom stereocenters. The van der Waals surface area contributed by atoms with E-state index in [1.807, 2.05) is 18.2 Å². The number of carbonyl (C=O) groups excluding carboxylic acids is 1. The van der Waals surface area contributed by atoms with Crippen molar-refractivity contribution in [2.45, 2.75) is 6.54 Å². The number of piperazine rings is 1. The molecule has 1 aliphatic heterocycles. The van der Waals surface area contributed by atoms with Crippen molar-refractivity contribution in [3.05, 3.63) is 48.0 Å². The molecular weight excluding hydrogens is 397 g/mol. The highest BCUT2D eigenvalue weighted by atomic mass is 19.1. The first kappa shape index (κ1) is 21.1. The number of anilines is 1. The monoisotopic (exact) mass is 423 g/mol. The molecule has 1 saturated heterocycles. The van der Waals surface area contributed by atoms with Crippen molar-refractivity contribution in [2.24, 2.45) is 0 Å². The molecule has 8 nitrogen and oxygen atoms in total. The van der Waals surface area contributed by atoms with Gasteiger partial charge in [-0.15, -0.1) is 0 Å². The van der Waals surface area contributed by atoms with E-state index in [1.54, 1.807) is 25.1 Å². The molecule has 0 aliphatic carbocycles. The van der Waals surface area contributed by atoms with Gasteiger partial charge in [-0.2, -0.15) is 0 Å². The molecule has 2 N–H and O–H groups in total. The molecule has 1 fully saturated rings. The maximum absolute atomic E-state index is 14.4. The summed E-state index contributed by atoms with van der Waals surface area (Å²) in [5.74, 6) is 0.105. The molecule has 4 rings (SSSR count). The van der Waals surface area contributed by atoms with Crippen LogP contribution in [0.15, 0.2) is 36.7 Å². The molecule has 0 saturated carbocycles. The fourth-order valence-electron chi connectivity index (χ4n) is 3.71. The molecule has 0 unspecified atom stereocenters. The summed E-state index contributed by atoms with van der Waals surface area (Å²) in [7, 11) is 3.54. The lowest BCUT2D eigenvalue weighted by atomic mass is 10.1. The van der Waals surface area contributed by atoms with Gasteiger partial charge in [0, 0.05) is 52.4 Å². The summed E-state index contributed by atoms with van der Waals surface area (Å²) in [6.45, 7) is 4.36. The van der Waals surface area contributed by atoms with E-state index in [1.165, 1.54) is 12.4 Å². The van der Waals surface area contributed by atoms with Crippen molar-refractivity contribution in [1.29, 1.82) is 0 Å². The second-order valence-electron chi connectivity index (χ2n) is 8.01. The zero-order valence-electron chi connectivity index (χ0n) is 17.8. The van der Waals surface area contributed by atoms with Crippen molar-refractivity contribution in [3.63, 3.8) is 0 Å². The number of likely N-dealkylation sites (N-methyl/N-ethyl adjacent to an activating group) is 1. The van der Waals surface area contributed by atoms with Gasteiger partial charge >= 0.3 is 0 Å². The Bertz CT molecular complexity index is 1100. The van der Waals surface area contributed by atoms with Gasteiger partial charge in [0.1, 0.15) is 17.7 Å². The highest BCUT2D eigenvalue weighted by molar-refractivity contribution is 5.85. The number of aromatic nitrogens is 3. The predicted molar refractivity (Wildman–Crippen MR) is 118 cm³/mol. The normalized spacial score (nSPS) is 15.3. The Balaban J connectivity index is 1.47. The zero-order valence-corrected chi connectivity index (χ0v) is 17.8. The van der Waals surface area contributed by atoms with Gasteiger partial charge in [0.05, 0.1) is 17.8 Å². The van der Waals surface area contributed by atoms with Gasteiger partial charge in [-0.25, -0.2) is 19.3 Å². The third-order valence-corrected chi connectivity index (χ3v) is 5.49. The fraction of sp³-hybridized carbons (Fsp3) is 0.364. The van der Waals surface area contributed by atoms with Crippen LogP contribution in [0.5, 0.6) is 0 Å². The number of fused-ring (bicyclic) bond motifs is 1. The lowest BCUT2D eigenvalue weighted by molar-refractivity contribution is -0.130. The van der Waals surface area contributed by atoms with Crippen molar-refractivity contribution in [1.82, 2.24) is 29.7 Å². The fourth-order valence-corrected chi connectivity index (χ4v) is 3.71. The lowest BCUT2D eigenvalue weighted by Gasteiger charge is -2.34. The van der Waals surface area contributed by atoms with Crippen LogP contribution < -0.4 is 5.73 Å². The number of nitrogens with zero attached hydrogens (tertiary/aromatic N) is 6. The minimum atomic E-state index is -0.304. The molecule has 1 amide bonds. The second kappa shape index (κ2) is 8.91. The number of carbonyl (C=O) groups is 1. The first-order valence-corrected chi connectivity index (χ1v) is 10.2. The minimum absolute atomic E-state index is 0.108. The van der Waals surface area contributed by atoms with Gasteiger partial charge in [0.2, 0.25) is 5.91 Å². The molecule has 3 heterocycles. The Labute approximate surface area is 180 Å². The molecule has 9 heteroatoms. The SMILES string of the molecule is CN(C)C(=O)CN1CCN(Cc2cc(F)cc(-c3ccc4ncnc(N)c4n3)c2)CC1. The Morgan fingerprint density at radius 3 is 2.58 bits per heavy atom. The maximum Gasteiger partial charge on any atom is 0.236 e. The van der Waals surface area contributed by atoms with Crippen molar-refractivity contribution >= 4 is 22.8 Å². The van der Waals surface area contributed by atoms with E-state index in [0.717, 1.165) is 31.7 Å². The molecule has 0 bridgehead atoms. The van der Waals surface area contributed by atoms with Gasteiger partial charge in [0.25, 0.3) is 0 Å². The molecule has 0 radical (unpaired) electrons. The van der Waals surface area contributed by atoms with E-state index in [9.17, 15) is 9.18 Å². The first-order valence-electron chi connectivity index (χ1n) is 10.2. The summed E-state index contributed by atoms with van der Waals surface area (Å²) in [4.78, 5) is 30.6. The van der Waals surface area contributed by atoms with Crippen LogP contribution in [0.1, 0.15) is 5.56 Å². The quantitative estimate of drug-likeness (QED) is 0.667. The second-order valence-corrected chi connectivity index (χ2v) is 8.01. The molecule has 3 aromatic rings. The van der Waals surface area contributed by atoms with Crippen molar-refractivity contribution < 1.29 is 9.18 Å². The summed E-state index contributed by atoms with van der Waals surface area (Å²) in [5, 5.41) is 0. The third-order valence-electron chi connectivity index (χ3n) is 5.49. The Kier molecular flexibility index (Phi) is 6.06. The topological polar surface area (TPSA) is 91.5 Å². The summed E-state index contributed by atoms with van der Waals surface area (Å²) < 4.78 is 14.4. The third kappa shape index (κ3) is 4.95. The molecule has 0 spiro atoms. The summed E-state index contributed by atoms with van der Waals surface area (Å²) in [6.07, 6.45) is 1.40. The number of nitrogen functional groups attached to an aromatic ring is 1. The number of benzene rings is 1. The number of hydrogen-bond donors (Lipinski definition) is 1. The van der Waals surface area contributed by atoms with Crippen LogP contribution in [0.3, 0.4) is 0 Å². The average molecular weight is 423 g/mol. The largest absolute Gasteiger partial charge is 0.382 e. The highest BCUT2D eigenvalue weighted by Gasteiger charge is 2.20. The van der Waals surface area contributed by atoms with E-state index >= 15 is 0 Å². The van der Waals surface area contributed by atoms with E-state index in [0.29, 0.717) is 41.2 Å². The zero-order chi connectivity index (χ0) is 22.0. The number of amides is 1. The number of pyridine rings is 1. The van der Waals surface area contributed by atoms with Crippen LogP contribution in [-0.2, 0) is 11.3 Å². The average Bonchev–Trinajstić information content (AvgIpc) is 2.75. The van der Waals surface area contributed by atoms with Gasteiger partial charge < -0.3 is 10.6 Å². The lowest BCUT2D eigenvalue weighted by Crippen LogP contribution is -2.48. The van der Waals surface area contributed by atoms with E-state index < -0.39 is 0 Å². The molecule has 2 aromatic heterocycles. The maximum atomic E-state index is 14.4. The van der Waals surface area contributed by atoms with Crippen LogP contribution in [0.2, 0.25) is 0 Å². The van der Waals surface area contributed by atoms with Gasteiger partial charge in [0.15, 0.2) is 5.82 Å². The number of halogens is 1. The van der Waals surface area contributed by atoms with E-state index in [4.69, 9.17) is 5.73 Å². The number of rotatable bonds is 5. The van der Waals surface area contributed by atoms with Crippen LogP contribution in [0, 0.1) is 5.82 Å². The standard InChI is InChI=1S/C22H26FN7O/c1-28(2)20(31)13-30-7-5-29(6-8-30)12-15-9-16(11-17(23)10-15)18-3-4-19-21(27-18)22(24)26-14-25-19/h3-4,9-11,14H,5-8,12-13H2,1-2H3,(H2,24,25,26). The first-order chi connectivity index (χ1) is 14.9. The smallest absolute Gasteiger partial charge is 0.236 e. The van der Waals surface area contributed by atoms with Crippen molar-refractivity contribution in [3.8, 4) is 11.3 Å². The van der Waals surface area contributed by atoms with Crippen molar-refractivity contribution in [2.75, 3.05) is 52.6 Å². The molecule has 1 aromatic carbocycles. The van der Waals surface area contributed by atoms with Gasteiger partial charge in [-0.05, 0) is 35.9 Å².